The molecule has 0 unspecified atom stereocenters. The topological polar surface area (TPSA) is 46.9 Å². The summed E-state index contributed by atoms with van der Waals surface area (Å²) in [4.78, 5) is 16.2. The molecule has 4 nitrogen and oxygen atoms in total. The van der Waals surface area contributed by atoms with Gasteiger partial charge in [0, 0.05) is 18.4 Å². The lowest BCUT2D eigenvalue weighted by Gasteiger charge is -2.20. The van der Waals surface area contributed by atoms with E-state index in [2.05, 4.69) is 14.9 Å². The largest absolute Gasteiger partial charge is 0.315 e. The maximum Gasteiger partial charge on any atom is 0.230 e. The molecule has 2 rings (SSSR count). The van der Waals surface area contributed by atoms with Crippen LogP contribution < -0.4 is 5.32 Å². The minimum Gasteiger partial charge on any atom is -0.315 e. The molecule has 88 valence electrons. The number of imidazole rings is 1. The summed E-state index contributed by atoms with van der Waals surface area (Å²) in [6.45, 7) is 6.70. The van der Waals surface area contributed by atoms with Crippen LogP contribution in [0, 0.1) is 5.41 Å². The smallest absolute Gasteiger partial charge is 0.230 e. The summed E-state index contributed by atoms with van der Waals surface area (Å²) >= 11 is 0. The average Bonchev–Trinajstić information content (AvgIpc) is 2.61. The third-order valence-electron chi connectivity index (χ3n) is 2.89. The molecule has 1 aromatic rings. The molecule has 1 aliphatic heterocycles. The Morgan fingerprint density at radius 3 is 2.88 bits per heavy atom. The fraction of sp³-hybridized carbons (Fsp3) is 0.667. The third kappa shape index (κ3) is 2.10. The van der Waals surface area contributed by atoms with Crippen molar-refractivity contribution in [2.24, 2.45) is 5.41 Å². The number of anilines is 1. The summed E-state index contributed by atoms with van der Waals surface area (Å²) in [6, 6.07) is 0. The number of aromatic nitrogens is 2. The van der Waals surface area contributed by atoms with Crippen LogP contribution >= 0.6 is 0 Å². The summed E-state index contributed by atoms with van der Waals surface area (Å²) < 4.78 is 2.12. The predicted octanol–water partition coefficient (Wildman–Crippen LogP) is 2.20. The van der Waals surface area contributed by atoms with Gasteiger partial charge < -0.3 is 9.88 Å². The van der Waals surface area contributed by atoms with Crippen molar-refractivity contribution >= 4 is 11.7 Å². The molecule has 16 heavy (non-hydrogen) atoms. The second-order valence-electron chi connectivity index (χ2n) is 5.37. The number of amides is 1. The number of hydrogen-bond acceptors (Lipinski definition) is 2. The molecule has 0 spiro atoms. The van der Waals surface area contributed by atoms with E-state index in [4.69, 9.17) is 0 Å². The lowest BCUT2D eigenvalue weighted by molar-refractivity contribution is -0.123. The highest BCUT2D eigenvalue weighted by atomic mass is 16.2. The Morgan fingerprint density at radius 2 is 2.19 bits per heavy atom. The van der Waals surface area contributed by atoms with Crippen LogP contribution in [0.1, 0.15) is 39.4 Å². The fourth-order valence-corrected chi connectivity index (χ4v) is 1.82. The summed E-state index contributed by atoms with van der Waals surface area (Å²) in [7, 11) is 0. The zero-order chi connectivity index (χ0) is 11.8. The maximum absolute atomic E-state index is 11.9. The van der Waals surface area contributed by atoms with Crippen molar-refractivity contribution in [2.75, 3.05) is 5.32 Å². The van der Waals surface area contributed by atoms with E-state index in [-0.39, 0.29) is 11.3 Å². The number of hydrogen-bond donors (Lipinski definition) is 1. The van der Waals surface area contributed by atoms with E-state index in [0.717, 1.165) is 24.6 Å². The number of aryl methyl sites for hydroxylation is 1. The van der Waals surface area contributed by atoms with Gasteiger partial charge in [-0.3, -0.25) is 4.79 Å². The minimum absolute atomic E-state index is 0.0424. The molecule has 0 aromatic carbocycles. The van der Waals surface area contributed by atoms with Crippen LogP contribution in [0.4, 0.5) is 5.82 Å². The van der Waals surface area contributed by atoms with Crippen LogP contribution in [0.2, 0.25) is 0 Å². The normalized spacial score (nSPS) is 15.7. The van der Waals surface area contributed by atoms with Crippen molar-refractivity contribution < 1.29 is 4.79 Å². The first-order valence-corrected chi connectivity index (χ1v) is 5.84. The minimum atomic E-state index is -0.362. The van der Waals surface area contributed by atoms with E-state index in [1.54, 1.807) is 6.20 Å². The van der Waals surface area contributed by atoms with Crippen LogP contribution in [0.15, 0.2) is 6.20 Å². The number of carbonyl (C=O) groups excluding carboxylic acids is 1. The molecule has 0 atom stereocenters. The molecule has 1 aromatic heterocycles. The Labute approximate surface area is 96.1 Å². The summed E-state index contributed by atoms with van der Waals surface area (Å²) in [5.74, 6) is 1.98. The number of rotatable bonds is 1. The molecule has 1 amide bonds. The molecule has 0 bridgehead atoms. The predicted molar refractivity (Wildman–Crippen MR) is 63.2 cm³/mol. The second kappa shape index (κ2) is 3.92. The van der Waals surface area contributed by atoms with Crippen LogP contribution in [0.3, 0.4) is 0 Å². The molecule has 1 N–H and O–H groups in total. The molecule has 4 heteroatoms. The summed E-state index contributed by atoms with van der Waals surface area (Å²) in [6.07, 6.45) is 5.15. The first kappa shape index (κ1) is 11.2. The Kier molecular flexibility index (Phi) is 2.74. The number of fused-ring (bicyclic) bond motifs is 1. The molecule has 0 fully saturated rings. The highest BCUT2D eigenvalue weighted by molar-refractivity contribution is 5.93. The Morgan fingerprint density at radius 1 is 1.44 bits per heavy atom. The van der Waals surface area contributed by atoms with Gasteiger partial charge in [0.15, 0.2) is 0 Å². The second-order valence-corrected chi connectivity index (χ2v) is 5.37. The van der Waals surface area contributed by atoms with E-state index in [0.29, 0.717) is 0 Å². The van der Waals surface area contributed by atoms with Crippen molar-refractivity contribution in [1.82, 2.24) is 9.55 Å². The third-order valence-corrected chi connectivity index (χ3v) is 2.89. The average molecular weight is 221 g/mol. The van der Waals surface area contributed by atoms with E-state index < -0.39 is 0 Å². The van der Waals surface area contributed by atoms with Gasteiger partial charge in [-0.2, -0.15) is 0 Å². The molecule has 1 aliphatic rings. The standard InChI is InChI=1S/C12H19N3O/c1-12(2,3)11(16)14-10-8-13-9-6-4-5-7-15(9)10/h8H,4-7H2,1-3H3,(H,14,16). The molecule has 0 aliphatic carbocycles. The molecule has 0 saturated heterocycles. The van der Waals surface area contributed by atoms with Crippen LogP contribution in [0.25, 0.3) is 0 Å². The van der Waals surface area contributed by atoms with Crippen molar-refractivity contribution in [3.05, 3.63) is 12.0 Å². The van der Waals surface area contributed by atoms with E-state index >= 15 is 0 Å². The lowest BCUT2D eigenvalue weighted by Crippen LogP contribution is -2.29. The van der Waals surface area contributed by atoms with Crippen LogP contribution in [-0.4, -0.2) is 15.5 Å². The number of nitrogens with zero attached hydrogens (tertiary/aromatic N) is 2. The van der Waals surface area contributed by atoms with Gasteiger partial charge in [-0.05, 0) is 12.8 Å². The zero-order valence-corrected chi connectivity index (χ0v) is 10.2. The quantitative estimate of drug-likeness (QED) is 0.790. The Balaban J connectivity index is 2.16. The fourth-order valence-electron chi connectivity index (χ4n) is 1.82. The van der Waals surface area contributed by atoms with E-state index in [1.807, 2.05) is 20.8 Å². The van der Waals surface area contributed by atoms with Gasteiger partial charge in [-0.15, -0.1) is 0 Å². The van der Waals surface area contributed by atoms with Crippen LogP contribution in [-0.2, 0) is 17.8 Å². The maximum atomic E-state index is 11.9. The summed E-state index contributed by atoms with van der Waals surface area (Å²) in [5.41, 5.74) is -0.362. The first-order valence-electron chi connectivity index (χ1n) is 5.84. The Bertz CT molecular complexity index is 401. The number of nitrogens with one attached hydrogen (secondary N) is 1. The zero-order valence-electron chi connectivity index (χ0n) is 10.2. The van der Waals surface area contributed by atoms with Gasteiger partial charge in [0.25, 0.3) is 0 Å². The molecule has 0 saturated carbocycles. The van der Waals surface area contributed by atoms with E-state index in [1.165, 1.54) is 12.8 Å². The highest BCUT2D eigenvalue weighted by Crippen LogP contribution is 2.22. The molecular formula is C12H19N3O. The number of carbonyl (C=O) groups is 1. The SMILES string of the molecule is CC(C)(C)C(=O)Nc1cnc2n1CCCC2. The molecular weight excluding hydrogens is 202 g/mol. The van der Waals surface area contributed by atoms with Gasteiger partial charge >= 0.3 is 0 Å². The van der Waals surface area contributed by atoms with Gasteiger partial charge in [0.1, 0.15) is 11.6 Å². The summed E-state index contributed by atoms with van der Waals surface area (Å²) in [5, 5.41) is 2.95. The van der Waals surface area contributed by atoms with Crippen molar-refractivity contribution in [2.45, 2.75) is 46.6 Å². The van der Waals surface area contributed by atoms with Gasteiger partial charge in [-0.1, -0.05) is 20.8 Å². The van der Waals surface area contributed by atoms with Crippen LogP contribution in [0.5, 0.6) is 0 Å². The molecule has 2 heterocycles. The highest BCUT2D eigenvalue weighted by Gasteiger charge is 2.23. The van der Waals surface area contributed by atoms with Gasteiger partial charge in [0.05, 0.1) is 6.20 Å². The monoisotopic (exact) mass is 221 g/mol. The van der Waals surface area contributed by atoms with Gasteiger partial charge in [-0.25, -0.2) is 4.98 Å². The van der Waals surface area contributed by atoms with Gasteiger partial charge in [0.2, 0.25) is 5.91 Å². The van der Waals surface area contributed by atoms with E-state index in [9.17, 15) is 4.79 Å². The van der Waals surface area contributed by atoms with Crippen molar-refractivity contribution in [3.63, 3.8) is 0 Å². The van der Waals surface area contributed by atoms with Crippen molar-refractivity contribution in [3.8, 4) is 0 Å². The Hall–Kier alpha value is -1.32. The molecule has 0 radical (unpaired) electrons. The lowest BCUT2D eigenvalue weighted by atomic mass is 9.96. The van der Waals surface area contributed by atoms with Crippen molar-refractivity contribution in [1.29, 1.82) is 0 Å². The first-order chi connectivity index (χ1) is 7.48.